The molecule has 4 rings (SSSR count). The number of carbonyl (C=O) groups is 3. The molecule has 0 aliphatic heterocycles. The number of halogens is 2. The molecular weight excluding hydrogens is 456 g/mol. The summed E-state index contributed by atoms with van der Waals surface area (Å²) in [6.07, 6.45) is 3.85. The zero-order valence-electron chi connectivity index (χ0n) is 19.4. The van der Waals surface area contributed by atoms with Crippen LogP contribution >= 0.6 is 0 Å². The molecule has 186 valence electrons. The predicted octanol–water partition coefficient (Wildman–Crippen LogP) is 5.26. The van der Waals surface area contributed by atoms with Gasteiger partial charge in [0.2, 0.25) is 0 Å². The predicted molar refractivity (Wildman–Crippen MR) is 125 cm³/mol. The Morgan fingerprint density at radius 2 is 1.54 bits per heavy atom. The van der Waals surface area contributed by atoms with Gasteiger partial charge in [0.15, 0.2) is 23.2 Å². The maximum absolute atomic E-state index is 14.5. The quantitative estimate of drug-likeness (QED) is 0.354. The van der Waals surface area contributed by atoms with E-state index in [-0.39, 0.29) is 24.4 Å². The van der Waals surface area contributed by atoms with E-state index in [0.717, 1.165) is 12.1 Å². The molecule has 0 spiro atoms. The smallest absolute Gasteiger partial charge is 0.306 e. The molecule has 2 saturated carbocycles. The average molecular weight is 486 g/mol. The Morgan fingerprint density at radius 1 is 0.914 bits per heavy atom. The van der Waals surface area contributed by atoms with Gasteiger partial charge in [-0.05, 0) is 80.7 Å². The largest absolute Gasteiger partial charge is 0.484 e. The number of aliphatic carboxylic acids is 1. The summed E-state index contributed by atoms with van der Waals surface area (Å²) < 4.78 is 34.5. The highest BCUT2D eigenvalue weighted by Gasteiger charge is 2.28. The fourth-order valence-corrected chi connectivity index (χ4v) is 4.45. The molecule has 2 aliphatic rings. The zero-order chi connectivity index (χ0) is 24.9. The van der Waals surface area contributed by atoms with Crippen LogP contribution in [0.5, 0.6) is 5.75 Å². The van der Waals surface area contributed by atoms with E-state index in [1.54, 1.807) is 12.1 Å². The molecule has 0 radical (unpaired) electrons. The second-order valence-corrected chi connectivity index (χ2v) is 9.38. The third kappa shape index (κ3) is 6.44. The molecule has 0 atom stereocenters. The Kier molecular flexibility index (Phi) is 7.78. The fourth-order valence-electron chi connectivity index (χ4n) is 4.45. The average Bonchev–Trinajstić information content (AvgIpc) is 3.69. The number of nitrogens with one attached hydrogen (secondary N) is 1. The van der Waals surface area contributed by atoms with E-state index in [4.69, 9.17) is 9.84 Å². The van der Waals surface area contributed by atoms with Crippen LogP contribution in [0.2, 0.25) is 0 Å². The van der Waals surface area contributed by atoms with Crippen LogP contribution in [0.25, 0.3) is 0 Å². The summed E-state index contributed by atoms with van der Waals surface area (Å²) in [4.78, 5) is 35.7. The zero-order valence-corrected chi connectivity index (χ0v) is 19.4. The van der Waals surface area contributed by atoms with Gasteiger partial charge >= 0.3 is 5.97 Å². The van der Waals surface area contributed by atoms with Gasteiger partial charge in [0, 0.05) is 24.1 Å². The molecule has 6 nitrogen and oxygen atoms in total. The number of carboxylic acids is 1. The van der Waals surface area contributed by atoms with Crippen LogP contribution in [-0.2, 0) is 4.79 Å². The van der Waals surface area contributed by atoms with E-state index in [0.29, 0.717) is 43.6 Å². The molecule has 35 heavy (non-hydrogen) atoms. The van der Waals surface area contributed by atoms with Gasteiger partial charge in [0.1, 0.15) is 0 Å². The van der Waals surface area contributed by atoms with Crippen molar-refractivity contribution in [3.8, 4) is 5.75 Å². The molecule has 2 fully saturated rings. The molecule has 8 heteroatoms. The van der Waals surface area contributed by atoms with Gasteiger partial charge in [-0.3, -0.25) is 14.4 Å². The van der Waals surface area contributed by atoms with Crippen molar-refractivity contribution < 1.29 is 33.0 Å². The van der Waals surface area contributed by atoms with Gasteiger partial charge < -0.3 is 15.2 Å². The SMILES string of the molecule is O=C(CCCNC(=O)c1ccc(C2CC2)cc1)c1cc(F)c(OC2CCC(C(=O)O)CC2)c(F)c1. The number of hydrogen-bond acceptors (Lipinski definition) is 4. The van der Waals surface area contributed by atoms with Crippen LogP contribution < -0.4 is 10.1 Å². The lowest BCUT2D eigenvalue weighted by Gasteiger charge is -2.27. The Morgan fingerprint density at radius 3 is 2.11 bits per heavy atom. The standard InChI is InChI=1S/C27H29F2NO5/c28-22-14-20(15-23(29)25(22)35-21-11-9-19(10-12-21)27(33)34)24(31)2-1-13-30-26(32)18-7-5-17(6-8-18)16-3-4-16/h5-8,14-16,19,21H,1-4,9-13H2,(H,30,32)(H,33,34). The van der Waals surface area contributed by atoms with Gasteiger partial charge in [-0.2, -0.15) is 0 Å². The molecule has 0 heterocycles. The van der Waals surface area contributed by atoms with Crippen molar-refractivity contribution in [3.05, 3.63) is 64.7 Å². The molecule has 0 unspecified atom stereocenters. The van der Waals surface area contributed by atoms with E-state index >= 15 is 0 Å². The Balaban J connectivity index is 1.24. The van der Waals surface area contributed by atoms with Crippen LogP contribution in [0.15, 0.2) is 36.4 Å². The lowest BCUT2D eigenvalue weighted by molar-refractivity contribution is -0.143. The lowest BCUT2D eigenvalue weighted by Crippen LogP contribution is -2.28. The van der Waals surface area contributed by atoms with E-state index in [2.05, 4.69) is 5.32 Å². The summed E-state index contributed by atoms with van der Waals surface area (Å²) in [5.41, 5.74) is 1.70. The normalized spacial score (nSPS) is 19.7. The highest BCUT2D eigenvalue weighted by Crippen LogP contribution is 2.39. The number of ketones is 1. The number of Topliss-reactive ketones (excluding diaryl/α,β-unsaturated/α-hetero) is 1. The highest BCUT2D eigenvalue weighted by molar-refractivity contribution is 5.96. The minimum absolute atomic E-state index is 0.0270. The van der Waals surface area contributed by atoms with Gasteiger partial charge in [-0.15, -0.1) is 0 Å². The molecule has 1 amide bonds. The number of carbonyl (C=O) groups excluding carboxylic acids is 2. The Labute approximate surface area is 202 Å². The Bertz CT molecular complexity index is 1070. The summed E-state index contributed by atoms with van der Waals surface area (Å²) in [6, 6.07) is 9.44. The van der Waals surface area contributed by atoms with E-state index in [1.807, 2.05) is 12.1 Å². The first-order valence-corrected chi connectivity index (χ1v) is 12.1. The maximum Gasteiger partial charge on any atom is 0.306 e. The monoisotopic (exact) mass is 485 g/mol. The number of ether oxygens (including phenoxy) is 1. The number of amides is 1. The van der Waals surface area contributed by atoms with Crippen molar-refractivity contribution in [3.63, 3.8) is 0 Å². The van der Waals surface area contributed by atoms with Crippen molar-refractivity contribution in [1.29, 1.82) is 0 Å². The van der Waals surface area contributed by atoms with Crippen LogP contribution in [0, 0.1) is 17.6 Å². The van der Waals surface area contributed by atoms with E-state index in [9.17, 15) is 23.2 Å². The summed E-state index contributed by atoms with van der Waals surface area (Å²) in [5.74, 6) is -3.83. The van der Waals surface area contributed by atoms with E-state index < -0.39 is 41.2 Å². The summed E-state index contributed by atoms with van der Waals surface area (Å²) >= 11 is 0. The molecular formula is C27H29F2NO5. The minimum atomic E-state index is -0.961. The second-order valence-electron chi connectivity index (χ2n) is 9.38. The summed E-state index contributed by atoms with van der Waals surface area (Å²) in [6.45, 7) is 0.264. The van der Waals surface area contributed by atoms with Crippen molar-refractivity contribution in [2.45, 2.75) is 63.4 Å². The molecule has 0 saturated heterocycles. The highest BCUT2D eigenvalue weighted by atomic mass is 19.1. The van der Waals surface area contributed by atoms with Crippen molar-refractivity contribution in [2.75, 3.05) is 6.54 Å². The molecule has 0 aromatic heterocycles. The maximum atomic E-state index is 14.5. The van der Waals surface area contributed by atoms with Crippen LogP contribution in [0.4, 0.5) is 8.78 Å². The molecule has 0 bridgehead atoms. The van der Waals surface area contributed by atoms with Crippen LogP contribution in [-0.4, -0.2) is 35.4 Å². The fraction of sp³-hybridized carbons (Fsp3) is 0.444. The van der Waals surface area contributed by atoms with Gasteiger partial charge in [-0.1, -0.05) is 12.1 Å². The summed E-state index contributed by atoms with van der Waals surface area (Å²) in [7, 11) is 0. The van der Waals surface area contributed by atoms with E-state index in [1.165, 1.54) is 18.4 Å². The topological polar surface area (TPSA) is 92.7 Å². The lowest BCUT2D eigenvalue weighted by atomic mass is 9.87. The van der Waals surface area contributed by atoms with Gasteiger partial charge in [-0.25, -0.2) is 8.78 Å². The summed E-state index contributed by atoms with van der Waals surface area (Å²) in [5, 5.41) is 11.8. The molecule has 2 aromatic rings. The first-order valence-electron chi connectivity index (χ1n) is 12.1. The van der Waals surface area contributed by atoms with Crippen LogP contribution in [0.1, 0.15) is 83.6 Å². The third-order valence-corrected chi connectivity index (χ3v) is 6.72. The van der Waals surface area contributed by atoms with Crippen molar-refractivity contribution >= 4 is 17.7 Å². The van der Waals surface area contributed by atoms with Gasteiger partial charge in [0.25, 0.3) is 5.91 Å². The van der Waals surface area contributed by atoms with Crippen molar-refractivity contribution in [2.24, 2.45) is 5.92 Å². The molecule has 2 N–H and O–H groups in total. The first-order chi connectivity index (χ1) is 16.8. The minimum Gasteiger partial charge on any atom is -0.484 e. The number of benzene rings is 2. The van der Waals surface area contributed by atoms with Gasteiger partial charge in [0.05, 0.1) is 12.0 Å². The number of carboxylic acid groups (broad SMARTS) is 1. The second kappa shape index (κ2) is 11.0. The van der Waals surface area contributed by atoms with Crippen molar-refractivity contribution in [1.82, 2.24) is 5.32 Å². The third-order valence-electron chi connectivity index (χ3n) is 6.72. The number of rotatable bonds is 10. The van der Waals surface area contributed by atoms with Crippen LogP contribution in [0.3, 0.4) is 0 Å². The molecule has 2 aliphatic carbocycles. The number of hydrogen-bond donors (Lipinski definition) is 2. The molecule has 2 aromatic carbocycles. The first kappa shape index (κ1) is 24.8. The Hall–Kier alpha value is -3.29.